The van der Waals surface area contributed by atoms with Gasteiger partial charge >= 0.3 is 0 Å². The molecule has 2 N–H and O–H groups in total. The second kappa shape index (κ2) is 8.65. The Hall–Kier alpha value is -3.89. The van der Waals surface area contributed by atoms with Crippen molar-refractivity contribution in [1.82, 2.24) is 29.7 Å². The van der Waals surface area contributed by atoms with E-state index in [4.69, 9.17) is 14.1 Å². The summed E-state index contributed by atoms with van der Waals surface area (Å²) in [6, 6.07) is 15.7. The standard InChI is InChI=1S/C26H22N6O3S/c33-25-23-22(17-8-2-4-10-20(17)35-23)28-21(29-25)14-36-26-31-30-24(32(26)13-15-6-5-11-34-15)18-12-27-19-9-3-1-7-16(18)19/h1-4,7-10,12,15,27H,5-6,11,13-14H2,(H,28,29,33). The van der Waals surface area contributed by atoms with Crippen LogP contribution in [-0.2, 0) is 17.0 Å². The van der Waals surface area contributed by atoms with Gasteiger partial charge < -0.3 is 19.1 Å². The van der Waals surface area contributed by atoms with Crippen LogP contribution in [0.25, 0.3) is 44.4 Å². The summed E-state index contributed by atoms with van der Waals surface area (Å²) in [6.45, 7) is 1.45. The molecule has 180 valence electrons. The lowest BCUT2D eigenvalue weighted by Gasteiger charge is -2.14. The molecule has 5 heterocycles. The summed E-state index contributed by atoms with van der Waals surface area (Å²) in [5.41, 5.74) is 3.23. The first-order valence-electron chi connectivity index (χ1n) is 11.9. The van der Waals surface area contributed by atoms with Gasteiger partial charge in [0.2, 0.25) is 5.58 Å². The van der Waals surface area contributed by atoms with Crippen molar-refractivity contribution in [2.45, 2.75) is 36.4 Å². The van der Waals surface area contributed by atoms with E-state index < -0.39 is 0 Å². The highest BCUT2D eigenvalue weighted by atomic mass is 32.2. The summed E-state index contributed by atoms with van der Waals surface area (Å²) >= 11 is 1.49. The molecular weight excluding hydrogens is 476 g/mol. The van der Waals surface area contributed by atoms with E-state index in [2.05, 4.69) is 30.8 Å². The van der Waals surface area contributed by atoms with Gasteiger partial charge in [0.15, 0.2) is 11.0 Å². The molecule has 4 aromatic heterocycles. The molecule has 1 aliphatic rings. The number of nitrogens with zero attached hydrogens (tertiary/aromatic N) is 4. The van der Waals surface area contributed by atoms with Crippen LogP contribution in [0.1, 0.15) is 18.7 Å². The molecule has 1 fully saturated rings. The number of thioether (sulfide) groups is 1. The summed E-state index contributed by atoms with van der Waals surface area (Å²) in [5.74, 6) is 1.79. The van der Waals surface area contributed by atoms with Crippen LogP contribution in [0.5, 0.6) is 0 Å². The maximum absolute atomic E-state index is 12.7. The fraction of sp³-hybridized carbons (Fsp3) is 0.231. The average Bonchev–Trinajstić information content (AvgIpc) is 3.69. The normalized spacial score (nSPS) is 16.1. The van der Waals surface area contributed by atoms with Gasteiger partial charge in [-0.3, -0.25) is 9.36 Å². The summed E-state index contributed by atoms with van der Waals surface area (Å²) in [6.07, 6.45) is 4.17. The van der Waals surface area contributed by atoms with Crippen LogP contribution in [0.2, 0.25) is 0 Å². The number of H-pyrrole nitrogens is 2. The Morgan fingerprint density at radius 3 is 2.83 bits per heavy atom. The second-order valence-electron chi connectivity index (χ2n) is 8.88. The summed E-state index contributed by atoms with van der Waals surface area (Å²) in [5, 5.41) is 11.8. The van der Waals surface area contributed by atoms with E-state index in [0.717, 1.165) is 52.3 Å². The number of benzene rings is 2. The molecule has 1 unspecified atom stereocenters. The molecule has 0 radical (unpaired) electrons. The number of furan rings is 1. The quantitative estimate of drug-likeness (QED) is 0.315. The predicted octanol–water partition coefficient (Wildman–Crippen LogP) is 4.88. The Morgan fingerprint density at radius 1 is 1.08 bits per heavy atom. The Labute approximate surface area is 208 Å². The molecule has 2 aromatic carbocycles. The number of hydrogen-bond donors (Lipinski definition) is 2. The van der Waals surface area contributed by atoms with E-state index in [-0.39, 0.29) is 17.2 Å². The van der Waals surface area contributed by atoms with Gasteiger partial charge in [-0.15, -0.1) is 10.2 Å². The van der Waals surface area contributed by atoms with E-state index in [1.54, 1.807) is 0 Å². The largest absolute Gasteiger partial charge is 0.449 e. The van der Waals surface area contributed by atoms with Gasteiger partial charge in [0.05, 0.1) is 18.4 Å². The molecule has 0 spiro atoms. The van der Waals surface area contributed by atoms with E-state index >= 15 is 0 Å². The van der Waals surface area contributed by atoms with Crippen molar-refractivity contribution in [3.8, 4) is 11.4 Å². The molecular formula is C26H22N6O3S. The van der Waals surface area contributed by atoms with Gasteiger partial charge in [-0.2, -0.15) is 0 Å². The van der Waals surface area contributed by atoms with Crippen LogP contribution >= 0.6 is 11.8 Å². The summed E-state index contributed by atoms with van der Waals surface area (Å²) in [4.78, 5) is 23.6. The average molecular weight is 499 g/mol. The zero-order valence-electron chi connectivity index (χ0n) is 19.2. The maximum atomic E-state index is 12.7. The van der Waals surface area contributed by atoms with Gasteiger partial charge in [-0.05, 0) is 31.0 Å². The number of aromatic nitrogens is 6. The Bertz CT molecular complexity index is 1780. The maximum Gasteiger partial charge on any atom is 0.294 e. The van der Waals surface area contributed by atoms with Gasteiger partial charge in [-0.1, -0.05) is 42.1 Å². The van der Waals surface area contributed by atoms with E-state index in [1.165, 1.54) is 11.8 Å². The number of hydrogen-bond acceptors (Lipinski definition) is 7. The minimum Gasteiger partial charge on any atom is -0.449 e. The second-order valence-corrected chi connectivity index (χ2v) is 9.82. The van der Waals surface area contributed by atoms with Crippen LogP contribution in [0.4, 0.5) is 0 Å². The van der Waals surface area contributed by atoms with Crippen molar-refractivity contribution in [3.05, 3.63) is 70.9 Å². The van der Waals surface area contributed by atoms with Gasteiger partial charge in [0.1, 0.15) is 16.9 Å². The van der Waals surface area contributed by atoms with Gasteiger partial charge in [-0.25, -0.2) is 4.98 Å². The zero-order chi connectivity index (χ0) is 24.1. The fourth-order valence-electron chi connectivity index (χ4n) is 4.86. The van der Waals surface area contributed by atoms with E-state index in [9.17, 15) is 4.79 Å². The highest BCUT2D eigenvalue weighted by molar-refractivity contribution is 7.98. The lowest BCUT2D eigenvalue weighted by Crippen LogP contribution is -2.17. The van der Waals surface area contributed by atoms with Crippen molar-refractivity contribution < 1.29 is 9.15 Å². The SMILES string of the molecule is O=c1[nH]c(CSc2nnc(-c3c[nH]c4ccccc34)n2CC2CCCO2)nc2c1oc1ccccc12. The van der Waals surface area contributed by atoms with Crippen LogP contribution in [0.3, 0.4) is 0 Å². The van der Waals surface area contributed by atoms with Crippen molar-refractivity contribution >= 4 is 44.7 Å². The smallest absolute Gasteiger partial charge is 0.294 e. The Morgan fingerprint density at radius 2 is 1.94 bits per heavy atom. The molecule has 10 heteroatoms. The van der Waals surface area contributed by atoms with Crippen molar-refractivity contribution in [2.24, 2.45) is 0 Å². The molecule has 1 saturated heterocycles. The molecule has 0 aliphatic carbocycles. The summed E-state index contributed by atoms with van der Waals surface area (Å²) in [7, 11) is 0. The van der Waals surface area contributed by atoms with Crippen LogP contribution < -0.4 is 5.56 Å². The zero-order valence-corrected chi connectivity index (χ0v) is 20.0. The number of nitrogens with one attached hydrogen (secondary N) is 2. The third-order valence-electron chi connectivity index (χ3n) is 6.58. The monoisotopic (exact) mass is 498 g/mol. The number of aromatic amines is 2. The minimum absolute atomic E-state index is 0.121. The lowest BCUT2D eigenvalue weighted by atomic mass is 10.1. The molecule has 0 amide bonds. The van der Waals surface area contributed by atoms with Crippen LogP contribution in [0.15, 0.2) is 69.1 Å². The molecule has 36 heavy (non-hydrogen) atoms. The Balaban J connectivity index is 1.25. The molecule has 6 aromatic rings. The van der Waals surface area contributed by atoms with Gasteiger partial charge in [0, 0.05) is 34.7 Å². The number of fused-ring (bicyclic) bond motifs is 4. The molecule has 9 nitrogen and oxygen atoms in total. The predicted molar refractivity (Wildman–Crippen MR) is 138 cm³/mol. The van der Waals surface area contributed by atoms with Crippen LogP contribution in [-0.4, -0.2) is 42.4 Å². The molecule has 1 aliphatic heterocycles. The molecule has 0 saturated carbocycles. The van der Waals surface area contributed by atoms with Crippen LogP contribution in [0, 0.1) is 0 Å². The van der Waals surface area contributed by atoms with E-state index in [0.29, 0.717) is 29.2 Å². The molecule has 1 atom stereocenters. The fourth-order valence-corrected chi connectivity index (χ4v) is 5.67. The lowest BCUT2D eigenvalue weighted by molar-refractivity contribution is 0.0953. The van der Waals surface area contributed by atoms with Crippen molar-refractivity contribution in [2.75, 3.05) is 6.61 Å². The van der Waals surface area contributed by atoms with Gasteiger partial charge in [0.25, 0.3) is 5.56 Å². The number of rotatable bonds is 6. The first kappa shape index (κ1) is 21.4. The number of para-hydroxylation sites is 2. The highest BCUT2D eigenvalue weighted by Gasteiger charge is 2.23. The molecule has 0 bridgehead atoms. The first-order chi connectivity index (χ1) is 17.7. The van der Waals surface area contributed by atoms with Crippen molar-refractivity contribution in [1.29, 1.82) is 0 Å². The third kappa shape index (κ3) is 3.61. The third-order valence-corrected chi connectivity index (χ3v) is 7.55. The van der Waals surface area contributed by atoms with Crippen molar-refractivity contribution in [3.63, 3.8) is 0 Å². The molecule has 7 rings (SSSR count). The summed E-state index contributed by atoms with van der Waals surface area (Å²) < 4.78 is 13.8. The highest BCUT2D eigenvalue weighted by Crippen LogP contribution is 2.32. The Kier molecular flexibility index (Phi) is 5.14. The topological polar surface area (TPSA) is 115 Å². The minimum atomic E-state index is -0.285. The van der Waals surface area contributed by atoms with E-state index in [1.807, 2.05) is 48.7 Å². The number of ether oxygens (including phenoxy) is 1. The first-order valence-corrected chi connectivity index (χ1v) is 12.9.